The van der Waals surface area contributed by atoms with Crippen LogP contribution in [0.2, 0.25) is 0 Å². The molecule has 15 heavy (non-hydrogen) atoms. The molecular weight excluding hydrogens is 195 g/mol. The molecule has 3 nitrogen and oxygen atoms in total. The van der Waals surface area contributed by atoms with E-state index in [-0.39, 0.29) is 17.6 Å². The number of amides is 1. The molecule has 1 unspecified atom stereocenters. The summed E-state index contributed by atoms with van der Waals surface area (Å²) in [5.41, 5.74) is 0.141. The highest BCUT2D eigenvalue weighted by atomic mass is 19.1. The highest BCUT2D eigenvalue weighted by molar-refractivity contribution is 5.92. The SMILES string of the molecule is CC(NC(=O)c1cccc(F)n1)C1CC1. The summed E-state index contributed by atoms with van der Waals surface area (Å²) >= 11 is 0. The van der Waals surface area contributed by atoms with Gasteiger partial charge in [0.25, 0.3) is 5.91 Å². The maximum absolute atomic E-state index is 12.7. The van der Waals surface area contributed by atoms with Gasteiger partial charge in [-0.3, -0.25) is 4.79 Å². The normalized spacial score (nSPS) is 17.2. The zero-order valence-corrected chi connectivity index (χ0v) is 8.53. The number of aromatic nitrogens is 1. The molecule has 1 aromatic rings. The minimum absolute atomic E-state index is 0.141. The summed E-state index contributed by atoms with van der Waals surface area (Å²) < 4.78 is 12.7. The molecule has 80 valence electrons. The Balaban J connectivity index is 2.00. The zero-order valence-electron chi connectivity index (χ0n) is 8.53. The van der Waals surface area contributed by atoms with Crippen molar-refractivity contribution in [1.29, 1.82) is 0 Å². The van der Waals surface area contributed by atoms with Gasteiger partial charge in [0.05, 0.1) is 0 Å². The van der Waals surface area contributed by atoms with Gasteiger partial charge in [-0.25, -0.2) is 4.98 Å². The van der Waals surface area contributed by atoms with E-state index in [1.165, 1.54) is 18.2 Å². The molecule has 0 radical (unpaired) electrons. The van der Waals surface area contributed by atoms with Crippen molar-refractivity contribution in [3.8, 4) is 0 Å². The summed E-state index contributed by atoms with van der Waals surface area (Å²) in [6, 6.07) is 4.38. The Morgan fingerprint density at radius 1 is 1.60 bits per heavy atom. The molecule has 0 saturated heterocycles. The zero-order chi connectivity index (χ0) is 10.8. The van der Waals surface area contributed by atoms with Crippen molar-refractivity contribution in [1.82, 2.24) is 10.3 Å². The van der Waals surface area contributed by atoms with E-state index < -0.39 is 5.95 Å². The van der Waals surface area contributed by atoms with E-state index in [0.717, 1.165) is 12.8 Å². The standard InChI is InChI=1S/C11H13FN2O/c1-7(8-5-6-8)13-11(15)9-3-2-4-10(12)14-9/h2-4,7-8H,5-6H2,1H3,(H,13,15). The number of pyridine rings is 1. The van der Waals surface area contributed by atoms with Gasteiger partial charge in [0.1, 0.15) is 5.69 Å². The van der Waals surface area contributed by atoms with Crippen LogP contribution in [0.4, 0.5) is 4.39 Å². The largest absolute Gasteiger partial charge is 0.348 e. The molecule has 1 atom stereocenters. The Hall–Kier alpha value is -1.45. The molecule has 0 spiro atoms. The van der Waals surface area contributed by atoms with Crippen molar-refractivity contribution in [3.05, 3.63) is 29.8 Å². The number of hydrogen-bond donors (Lipinski definition) is 1. The molecular formula is C11H13FN2O. The number of nitrogens with one attached hydrogen (secondary N) is 1. The molecule has 1 aromatic heterocycles. The highest BCUT2D eigenvalue weighted by Gasteiger charge is 2.29. The Labute approximate surface area is 87.7 Å². The van der Waals surface area contributed by atoms with Crippen LogP contribution in [0.3, 0.4) is 0 Å². The predicted molar refractivity (Wildman–Crippen MR) is 53.8 cm³/mol. The molecule has 4 heteroatoms. The minimum Gasteiger partial charge on any atom is -0.348 e. The smallest absolute Gasteiger partial charge is 0.270 e. The third-order valence-corrected chi connectivity index (χ3v) is 2.64. The second-order valence-electron chi connectivity index (χ2n) is 3.95. The number of halogens is 1. The Kier molecular flexibility index (Phi) is 2.66. The summed E-state index contributed by atoms with van der Waals surface area (Å²) in [4.78, 5) is 15.1. The van der Waals surface area contributed by atoms with Gasteiger partial charge in [0.2, 0.25) is 5.95 Å². The maximum atomic E-state index is 12.7. The molecule has 2 rings (SSSR count). The van der Waals surface area contributed by atoms with Gasteiger partial charge in [-0.15, -0.1) is 0 Å². The lowest BCUT2D eigenvalue weighted by Crippen LogP contribution is -2.34. The maximum Gasteiger partial charge on any atom is 0.270 e. The van der Waals surface area contributed by atoms with E-state index in [9.17, 15) is 9.18 Å². The minimum atomic E-state index is -0.623. The topological polar surface area (TPSA) is 42.0 Å². The van der Waals surface area contributed by atoms with Crippen LogP contribution in [0, 0.1) is 11.9 Å². The van der Waals surface area contributed by atoms with E-state index >= 15 is 0 Å². The van der Waals surface area contributed by atoms with Crippen LogP contribution < -0.4 is 5.32 Å². The molecule has 1 amide bonds. The Morgan fingerprint density at radius 2 is 2.33 bits per heavy atom. The van der Waals surface area contributed by atoms with Crippen LogP contribution >= 0.6 is 0 Å². The molecule has 1 saturated carbocycles. The van der Waals surface area contributed by atoms with Crippen LogP contribution in [0.25, 0.3) is 0 Å². The average molecular weight is 208 g/mol. The number of nitrogens with zero attached hydrogens (tertiary/aromatic N) is 1. The molecule has 1 aliphatic rings. The molecule has 1 fully saturated rings. The summed E-state index contributed by atoms with van der Waals surface area (Å²) in [5.74, 6) is -0.335. The summed E-state index contributed by atoms with van der Waals surface area (Å²) in [7, 11) is 0. The summed E-state index contributed by atoms with van der Waals surface area (Å²) in [5, 5.41) is 2.82. The van der Waals surface area contributed by atoms with Crippen molar-refractivity contribution < 1.29 is 9.18 Å². The van der Waals surface area contributed by atoms with Crippen LogP contribution in [-0.2, 0) is 0 Å². The quantitative estimate of drug-likeness (QED) is 0.769. The molecule has 1 heterocycles. The fourth-order valence-electron chi connectivity index (χ4n) is 1.53. The molecule has 1 N–H and O–H groups in total. The summed E-state index contributed by atoms with van der Waals surface area (Å²) in [6.45, 7) is 1.97. The predicted octanol–water partition coefficient (Wildman–Crippen LogP) is 1.75. The highest BCUT2D eigenvalue weighted by Crippen LogP contribution is 2.32. The second kappa shape index (κ2) is 3.96. The van der Waals surface area contributed by atoms with Gasteiger partial charge in [0, 0.05) is 6.04 Å². The number of hydrogen-bond acceptors (Lipinski definition) is 2. The van der Waals surface area contributed by atoms with Gasteiger partial charge in [-0.1, -0.05) is 6.07 Å². The van der Waals surface area contributed by atoms with Gasteiger partial charge in [-0.2, -0.15) is 4.39 Å². The number of rotatable bonds is 3. The Bertz CT molecular complexity index is 377. The van der Waals surface area contributed by atoms with Crippen molar-refractivity contribution >= 4 is 5.91 Å². The fraction of sp³-hybridized carbons (Fsp3) is 0.455. The third-order valence-electron chi connectivity index (χ3n) is 2.64. The van der Waals surface area contributed by atoms with Gasteiger partial charge in [0.15, 0.2) is 0 Å². The van der Waals surface area contributed by atoms with Gasteiger partial charge in [-0.05, 0) is 37.8 Å². The van der Waals surface area contributed by atoms with Crippen LogP contribution in [0.1, 0.15) is 30.3 Å². The van der Waals surface area contributed by atoms with Crippen molar-refractivity contribution in [2.24, 2.45) is 5.92 Å². The first-order valence-electron chi connectivity index (χ1n) is 5.10. The van der Waals surface area contributed by atoms with E-state index in [1.54, 1.807) is 0 Å². The first-order chi connectivity index (χ1) is 7.16. The first kappa shape index (κ1) is 10.1. The van der Waals surface area contributed by atoms with Crippen molar-refractivity contribution in [2.75, 3.05) is 0 Å². The molecule has 1 aliphatic carbocycles. The van der Waals surface area contributed by atoms with Crippen molar-refractivity contribution in [2.45, 2.75) is 25.8 Å². The van der Waals surface area contributed by atoms with E-state index in [2.05, 4.69) is 10.3 Å². The van der Waals surface area contributed by atoms with E-state index in [0.29, 0.717) is 5.92 Å². The summed E-state index contributed by atoms with van der Waals surface area (Å²) in [6.07, 6.45) is 2.33. The Morgan fingerprint density at radius 3 is 2.93 bits per heavy atom. The number of carbonyl (C=O) groups is 1. The lowest BCUT2D eigenvalue weighted by Gasteiger charge is -2.11. The van der Waals surface area contributed by atoms with Crippen LogP contribution in [0.5, 0.6) is 0 Å². The average Bonchev–Trinajstić information content (AvgIpc) is 3.00. The lowest BCUT2D eigenvalue weighted by atomic mass is 10.2. The van der Waals surface area contributed by atoms with E-state index in [1.807, 2.05) is 6.92 Å². The molecule has 0 aromatic carbocycles. The van der Waals surface area contributed by atoms with Crippen molar-refractivity contribution in [3.63, 3.8) is 0 Å². The third kappa shape index (κ3) is 2.52. The second-order valence-corrected chi connectivity index (χ2v) is 3.95. The van der Waals surface area contributed by atoms with E-state index in [4.69, 9.17) is 0 Å². The molecule has 0 aliphatic heterocycles. The lowest BCUT2D eigenvalue weighted by molar-refractivity contribution is 0.0929. The van der Waals surface area contributed by atoms with Crippen LogP contribution in [0.15, 0.2) is 18.2 Å². The molecule has 0 bridgehead atoms. The van der Waals surface area contributed by atoms with Gasteiger partial charge >= 0.3 is 0 Å². The first-order valence-corrected chi connectivity index (χ1v) is 5.10. The van der Waals surface area contributed by atoms with Crippen LogP contribution in [-0.4, -0.2) is 16.9 Å². The monoisotopic (exact) mass is 208 g/mol. The fourth-order valence-corrected chi connectivity index (χ4v) is 1.53. The van der Waals surface area contributed by atoms with Gasteiger partial charge < -0.3 is 5.32 Å². The number of carbonyl (C=O) groups excluding carboxylic acids is 1.